The molecule has 1 aliphatic rings. The Kier molecular flexibility index (Phi) is 5.05. The van der Waals surface area contributed by atoms with Gasteiger partial charge in [0.2, 0.25) is 10.0 Å². The topological polar surface area (TPSA) is 57.6 Å². The summed E-state index contributed by atoms with van der Waals surface area (Å²) in [5, 5.41) is 10.9. The van der Waals surface area contributed by atoms with Crippen molar-refractivity contribution < 1.29 is 17.9 Å². The molecule has 0 aliphatic heterocycles. The summed E-state index contributed by atoms with van der Waals surface area (Å²) >= 11 is 18.1. The van der Waals surface area contributed by atoms with Gasteiger partial charge in [0.1, 0.15) is 10.7 Å². The first-order valence-electron chi connectivity index (χ1n) is 7.22. The van der Waals surface area contributed by atoms with Crippen LogP contribution in [0.1, 0.15) is 17.2 Å². The van der Waals surface area contributed by atoms with Gasteiger partial charge in [0.05, 0.1) is 17.2 Å². The van der Waals surface area contributed by atoms with Crippen LogP contribution in [0.3, 0.4) is 0 Å². The summed E-state index contributed by atoms with van der Waals surface area (Å²) in [6.07, 6.45) is -0.794. The highest BCUT2D eigenvalue weighted by atomic mass is 35.5. The molecule has 0 aromatic heterocycles. The number of rotatable bonds is 3. The summed E-state index contributed by atoms with van der Waals surface area (Å²) < 4.78 is 40.1. The highest BCUT2D eigenvalue weighted by Gasteiger charge is 2.41. The van der Waals surface area contributed by atoms with Crippen LogP contribution in [0.5, 0.6) is 0 Å². The van der Waals surface area contributed by atoms with Gasteiger partial charge in [-0.05, 0) is 41.5 Å². The third-order valence-electron chi connectivity index (χ3n) is 4.23. The number of halogens is 4. The summed E-state index contributed by atoms with van der Waals surface area (Å²) in [6.45, 7) is 0. The number of nitrogens with zero attached hydrogens (tertiary/aromatic N) is 1. The first kappa shape index (κ1) is 18.9. The lowest BCUT2D eigenvalue weighted by atomic mass is 10.1. The van der Waals surface area contributed by atoms with E-state index in [4.69, 9.17) is 34.8 Å². The fourth-order valence-electron chi connectivity index (χ4n) is 3.06. The third-order valence-corrected chi connectivity index (χ3v) is 7.11. The van der Waals surface area contributed by atoms with Crippen molar-refractivity contribution in [2.24, 2.45) is 0 Å². The lowest BCUT2D eigenvalue weighted by Gasteiger charge is -2.27. The molecule has 2 aromatic carbocycles. The molecule has 0 saturated carbocycles. The van der Waals surface area contributed by atoms with E-state index in [1.807, 2.05) is 0 Å². The molecule has 2 atom stereocenters. The van der Waals surface area contributed by atoms with Gasteiger partial charge < -0.3 is 5.11 Å². The molecule has 25 heavy (non-hydrogen) atoms. The van der Waals surface area contributed by atoms with Crippen LogP contribution in [0.15, 0.2) is 35.2 Å². The molecule has 4 nitrogen and oxygen atoms in total. The molecule has 0 radical (unpaired) electrons. The van der Waals surface area contributed by atoms with Crippen LogP contribution in [0.25, 0.3) is 0 Å². The SMILES string of the molecule is CN(C1c2cc(Cl)cc(Cl)c2CC1O)S(=O)(=O)c1ccc(F)cc1Cl. The van der Waals surface area contributed by atoms with Gasteiger partial charge in [-0.2, -0.15) is 4.31 Å². The van der Waals surface area contributed by atoms with Gasteiger partial charge in [0, 0.05) is 23.5 Å². The minimum atomic E-state index is -4.08. The minimum absolute atomic E-state index is 0.201. The van der Waals surface area contributed by atoms with Crippen molar-refractivity contribution in [1.82, 2.24) is 4.31 Å². The van der Waals surface area contributed by atoms with Crippen molar-refractivity contribution in [3.05, 3.63) is 62.3 Å². The van der Waals surface area contributed by atoms with Crippen molar-refractivity contribution in [2.75, 3.05) is 7.05 Å². The van der Waals surface area contributed by atoms with Gasteiger partial charge in [0.15, 0.2) is 0 Å². The van der Waals surface area contributed by atoms with E-state index < -0.39 is 28.0 Å². The molecule has 2 unspecified atom stereocenters. The summed E-state index contributed by atoms with van der Waals surface area (Å²) in [5.41, 5.74) is 1.19. The lowest BCUT2D eigenvalue weighted by molar-refractivity contribution is 0.113. The van der Waals surface area contributed by atoms with E-state index in [2.05, 4.69) is 0 Å². The molecule has 0 amide bonds. The highest BCUT2D eigenvalue weighted by molar-refractivity contribution is 7.89. The average Bonchev–Trinajstić information content (AvgIpc) is 2.82. The van der Waals surface area contributed by atoms with Crippen LogP contribution in [-0.2, 0) is 16.4 Å². The van der Waals surface area contributed by atoms with Crippen molar-refractivity contribution >= 4 is 44.8 Å². The molecule has 1 aliphatic carbocycles. The van der Waals surface area contributed by atoms with Gasteiger partial charge in [-0.15, -0.1) is 0 Å². The minimum Gasteiger partial charge on any atom is -0.391 e. The number of hydrogen-bond acceptors (Lipinski definition) is 3. The molecule has 0 bridgehead atoms. The normalized spacial score (nSPS) is 20.1. The quantitative estimate of drug-likeness (QED) is 0.808. The fraction of sp³-hybridized carbons (Fsp3) is 0.250. The van der Waals surface area contributed by atoms with E-state index in [9.17, 15) is 17.9 Å². The molecular weight excluding hydrogens is 412 g/mol. The van der Waals surface area contributed by atoms with Crippen molar-refractivity contribution in [3.8, 4) is 0 Å². The van der Waals surface area contributed by atoms with Crippen LogP contribution >= 0.6 is 34.8 Å². The Balaban J connectivity index is 2.08. The Morgan fingerprint density at radius 2 is 1.84 bits per heavy atom. The standard InChI is InChI=1S/C16H13Cl3FNO3S/c1-21(25(23,24)15-3-2-9(20)6-13(15)19)16-11-4-8(17)5-12(18)10(11)7-14(16)22/h2-6,14,16,22H,7H2,1H3. The predicted octanol–water partition coefficient (Wildman–Crippen LogP) is 4.06. The van der Waals surface area contributed by atoms with Crippen LogP contribution in [0.2, 0.25) is 15.1 Å². The van der Waals surface area contributed by atoms with Crippen LogP contribution in [0.4, 0.5) is 4.39 Å². The summed E-state index contributed by atoms with van der Waals surface area (Å²) in [4.78, 5) is -0.244. The van der Waals surface area contributed by atoms with Crippen LogP contribution < -0.4 is 0 Å². The molecule has 0 fully saturated rings. The van der Waals surface area contributed by atoms with Gasteiger partial charge in [0.25, 0.3) is 0 Å². The number of sulfonamides is 1. The third kappa shape index (κ3) is 3.27. The molecule has 0 heterocycles. The maximum absolute atomic E-state index is 13.2. The molecule has 0 saturated heterocycles. The molecule has 134 valence electrons. The van der Waals surface area contributed by atoms with E-state index in [0.717, 1.165) is 22.5 Å². The summed E-state index contributed by atoms with van der Waals surface area (Å²) in [6, 6.07) is 5.28. The smallest absolute Gasteiger partial charge is 0.244 e. The van der Waals surface area contributed by atoms with Crippen molar-refractivity contribution in [2.45, 2.75) is 23.5 Å². The van der Waals surface area contributed by atoms with E-state index in [1.165, 1.54) is 7.05 Å². The van der Waals surface area contributed by atoms with Crippen molar-refractivity contribution in [3.63, 3.8) is 0 Å². The van der Waals surface area contributed by atoms with Gasteiger partial charge in [-0.3, -0.25) is 0 Å². The van der Waals surface area contributed by atoms with E-state index in [1.54, 1.807) is 12.1 Å². The number of likely N-dealkylation sites (N-methyl/N-ethyl adjacent to an activating group) is 1. The fourth-order valence-corrected chi connectivity index (χ4v) is 5.51. The monoisotopic (exact) mass is 423 g/mol. The predicted molar refractivity (Wildman–Crippen MR) is 95.3 cm³/mol. The molecule has 1 N–H and O–H groups in total. The zero-order valence-corrected chi connectivity index (χ0v) is 16.0. The number of benzene rings is 2. The summed E-state index contributed by atoms with van der Waals surface area (Å²) in [5.74, 6) is -0.642. The molecule has 3 rings (SSSR count). The number of fused-ring (bicyclic) bond motifs is 1. The Hall–Kier alpha value is -0.890. The second kappa shape index (κ2) is 6.68. The molecule has 2 aromatic rings. The highest BCUT2D eigenvalue weighted by Crippen LogP contribution is 2.42. The first-order chi connectivity index (χ1) is 11.6. The Morgan fingerprint density at radius 3 is 2.48 bits per heavy atom. The molecule has 0 spiro atoms. The van der Waals surface area contributed by atoms with Crippen LogP contribution in [0, 0.1) is 5.82 Å². The van der Waals surface area contributed by atoms with Gasteiger partial charge in [-0.25, -0.2) is 12.8 Å². The van der Waals surface area contributed by atoms with Crippen LogP contribution in [-0.4, -0.2) is 31.0 Å². The zero-order valence-electron chi connectivity index (χ0n) is 12.9. The van der Waals surface area contributed by atoms with E-state index in [-0.39, 0.29) is 16.3 Å². The Morgan fingerprint density at radius 1 is 1.16 bits per heavy atom. The van der Waals surface area contributed by atoms with E-state index in [0.29, 0.717) is 21.2 Å². The molecule has 9 heteroatoms. The van der Waals surface area contributed by atoms with Gasteiger partial charge in [-0.1, -0.05) is 34.8 Å². The second-order valence-electron chi connectivity index (χ2n) is 5.77. The molecular formula is C16H13Cl3FNO3S. The second-order valence-corrected chi connectivity index (χ2v) is 8.98. The maximum atomic E-state index is 13.2. The lowest BCUT2D eigenvalue weighted by Crippen LogP contribution is -2.36. The maximum Gasteiger partial charge on any atom is 0.244 e. The van der Waals surface area contributed by atoms with Crippen molar-refractivity contribution in [1.29, 1.82) is 0 Å². The number of aliphatic hydroxyl groups is 1. The summed E-state index contributed by atoms with van der Waals surface area (Å²) in [7, 11) is -2.76. The Labute approximate surface area is 159 Å². The zero-order chi connectivity index (χ0) is 18.5. The largest absolute Gasteiger partial charge is 0.391 e. The van der Waals surface area contributed by atoms with Gasteiger partial charge >= 0.3 is 0 Å². The average molecular weight is 425 g/mol. The Bertz CT molecular complexity index is 952. The number of aliphatic hydroxyl groups excluding tert-OH is 1. The first-order valence-corrected chi connectivity index (χ1v) is 9.79. The number of hydrogen-bond donors (Lipinski definition) is 1. The van der Waals surface area contributed by atoms with E-state index >= 15 is 0 Å².